The molecule has 1 aliphatic heterocycles. The van der Waals surface area contributed by atoms with Crippen LogP contribution in [0.5, 0.6) is 0 Å². The zero-order valence-corrected chi connectivity index (χ0v) is 15.9. The highest BCUT2D eigenvalue weighted by Crippen LogP contribution is 2.54. The smallest absolute Gasteiger partial charge is 0.234 e. The van der Waals surface area contributed by atoms with Crippen molar-refractivity contribution in [2.75, 3.05) is 13.1 Å². The highest BCUT2D eigenvalue weighted by Gasteiger charge is 2.60. The van der Waals surface area contributed by atoms with Crippen molar-refractivity contribution in [1.82, 2.24) is 9.80 Å². The minimum absolute atomic E-state index is 0.0207. The van der Waals surface area contributed by atoms with Gasteiger partial charge in [0.2, 0.25) is 17.7 Å². The van der Waals surface area contributed by atoms with E-state index < -0.39 is 6.04 Å². The molecule has 0 spiro atoms. The molecule has 0 aromatic heterocycles. The first kappa shape index (κ1) is 18.0. The third-order valence-corrected chi connectivity index (χ3v) is 6.48. The van der Waals surface area contributed by atoms with Crippen LogP contribution in [-0.4, -0.2) is 40.6 Å². The second-order valence-electron chi connectivity index (χ2n) is 7.74. The number of hydrogen-bond acceptors (Lipinski definition) is 3. The largest absolute Gasteiger partial charge is 0.343 e. The Morgan fingerprint density at radius 3 is 2.11 bits per heavy atom. The molecule has 4 rings (SSSR count). The third-order valence-electron chi connectivity index (χ3n) is 6.48. The SMILES string of the molecule is CCN(CC)C(=O)CC(c1ccccc1)N1C(=O)C2C3C=CC(C3)C2C1=O. The molecule has 3 amide bonds. The zero-order chi connectivity index (χ0) is 19.1. The van der Waals surface area contributed by atoms with Crippen LogP contribution in [0.3, 0.4) is 0 Å². The summed E-state index contributed by atoms with van der Waals surface area (Å²) in [5.74, 6) is -0.323. The minimum atomic E-state index is -0.524. The molecular formula is C22H26N2O3. The fourth-order valence-electron chi connectivity index (χ4n) is 5.14. The fourth-order valence-corrected chi connectivity index (χ4v) is 5.14. The average Bonchev–Trinajstić information content (AvgIpc) is 3.36. The van der Waals surface area contributed by atoms with Crippen LogP contribution in [0.2, 0.25) is 0 Å². The van der Waals surface area contributed by atoms with Crippen LogP contribution >= 0.6 is 0 Å². The van der Waals surface area contributed by atoms with Crippen molar-refractivity contribution >= 4 is 17.7 Å². The van der Waals surface area contributed by atoms with Crippen molar-refractivity contribution in [2.24, 2.45) is 23.7 Å². The molecule has 5 nitrogen and oxygen atoms in total. The van der Waals surface area contributed by atoms with Crippen LogP contribution in [0.25, 0.3) is 0 Å². The van der Waals surface area contributed by atoms with Crippen molar-refractivity contribution in [3.05, 3.63) is 48.0 Å². The molecule has 1 saturated heterocycles. The second-order valence-corrected chi connectivity index (χ2v) is 7.74. The molecule has 27 heavy (non-hydrogen) atoms. The first-order valence-corrected chi connectivity index (χ1v) is 9.94. The standard InChI is InChI=1S/C22H26N2O3/c1-3-23(4-2)18(25)13-17(14-8-6-5-7-9-14)24-21(26)19-15-10-11-16(12-15)20(19)22(24)27/h5-11,15-17,19-20H,3-4,12-13H2,1-2H3. The molecule has 2 fully saturated rings. The van der Waals surface area contributed by atoms with Crippen molar-refractivity contribution in [3.63, 3.8) is 0 Å². The number of nitrogens with zero attached hydrogens (tertiary/aromatic N) is 2. The molecule has 2 aliphatic carbocycles. The Kier molecular flexibility index (Phi) is 4.62. The van der Waals surface area contributed by atoms with Gasteiger partial charge in [-0.05, 0) is 37.7 Å². The van der Waals surface area contributed by atoms with E-state index in [1.54, 1.807) is 4.90 Å². The van der Waals surface area contributed by atoms with Crippen LogP contribution in [0.15, 0.2) is 42.5 Å². The number of imide groups is 1. The number of allylic oxidation sites excluding steroid dienone is 2. The molecular weight excluding hydrogens is 340 g/mol. The lowest BCUT2D eigenvalue weighted by Gasteiger charge is -2.30. The summed E-state index contributed by atoms with van der Waals surface area (Å²) in [6.45, 7) is 5.13. The van der Waals surface area contributed by atoms with E-state index in [4.69, 9.17) is 0 Å². The van der Waals surface area contributed by atoms with Gasteiger partial charge in [-0.15, -0.1) is 0 Å². The molecule has 2 bridgehead atoms. The molecule has 1 aromatic rings. The van der Waals surface area contributed by atoms with E-state index in [-0.39, 0.29) is 47.8 Å². The highest BCUT2D eigenvalue weighted by molar-refractivity contribution is 6.07. The fraction of sp³-hybridized carbons (Fsp3) is 0.500. The maximum atomic E-state index is 13.2. The molecule has 1 saturated carbocycles. The molecule has 142 valence electrons. The maximum Gasteiger partial charge on any atom is 0.234 e. The van der Waals surface area contributed by atoms with Gasteiger partial charge in [0.25, 0.3) is 0 Å². The zero-order valence-electron chi connectivity index (χ0n) is 15.9. The number of rotatable bonds is 6. The van der Waals surface area contributed by atoms with E-state index in [0.29, 0.717) is 13.1 Å². The topological polar surface area (TPSA) is 57.7 Å². The Morgan fingerprint density at radius 1 is 1.04 bits per heavy atom. The van der Waals surface area contributed by atoms with Gasteiger partial charge in [-0.2, -0.15) is 0 Å². The Hall–Kier alpha value is -2.43. The van der Waals surface area contributed by atoms with Gasteiger partial charge >= 0.3 is 0 Å². The Morgan fingerprint density at radius 2 is 1.59 bits per heavy atom. The van der Waals surface area contributed by atoms with E-state index >= 15 is 0 Å². The van der Waals surface area contributed by atoms with Gasteiger partial charge in [0.1, 0.15) is 0 Å². The summed E-state index contributed by atoms with van der Waals surface area (Å²) in [4.78, 5) is 42.5. The second kappa shape index (κ2) is 6.95. The van der Waals surface area contributed by atoms with E-state index in [1.807, 2.05) is 44.2 Å². The van der Waals surface area contributed by atoms with E-state index in [0.717, 1.165) is 12.0 Å². The maximum absolute atomic E-state index is 13.2. The van der Waals surface area contributed by atoms with Crippen LogP contribution < -0.4 is 0 Å². The van der Waals surface area contributed by atoms with Gasteiger partial charge in [0.05, 0.1) is 24.3 Å². The Balaban J connectivity index is 1.66. The number of hydrogen-bond donors (Lipinski definition) is 0. The molecule has 1 aromatic carbocycles. The number of likely N-dealkylation sites (tertiary alicyclic amines) is 1. The number of fused-ring (bicyclic) bond motifs is 5. The van der Waals surface area contributed by atoms with Crippen LogP contribution in [-0.2, 0) is 14.4 Å². The summed E-state index contributed by atoms with van der Waals surface area (Å²) in [5.41, 5.74) is 0.847. The summed E-state index contributed by atoms with van der Waals surface area (Å²) in [6.07, 6.45) is 5.25. The molecule has 5 unspecified atom stereocenters. The number of carbonyl (C=O) groups excluding carboxylic acids is 3. The predicted octanol–water partition coefficient (Wildman–Crippen LogP) is 2.79. The third kappa shape index (κ3) is 2.80. The molecule has 1 heterocycles. The quantitative estimate of drug-likeness (QED) is 0.575. The summed E-state index contributed by atoms with van der Waals surface area (Å²) < 4.78 is 0. The monoisotopic (exact) mass is 366 g/mol. The van der Waals surface area contributed by atoms with Gasteiger partial charge in [0.15, 0.2) is 0 Å². The van der Waals surface area contributed by atoms with Gasteiger partial charge in [-0.1, -0.05) is 42.5 Å². The normalized spacial score (nSPS) is 29.3. The minimum Gasteiger partial charge on any atom is -0.343 e. The lowest BCUT2D eigenvalue weighted by molar-refractivity contribution is -0.145. The van der Waals surface area contributed by atoms with Gasteiger partial charge in [-0.3, -0.25) is 19.3 Å². The predicted molar refractivity (Wildman–Crippen MR) is 101 cm³/mol. The molecule has 0 N–H and O–H groups in total. The first-order valence-electron chi connectivity index (χ1n) is 9.94. The summed E-state index contributed by atoms with van der Waals surface area (Å²) in [5, 5.41) is 0. The van der Waals surface area contributed by atoms with Gasteiger partial charge in [-0.25, -0.2) is 0 Å². The Bertz CT molecular complexity index is 754. The first-order chi connectivity index (χ1) is 13.1. The van der Waals surface area contributed by atoms with Crippen molar-refractivity contribution in [2.45, 2.75) is 32.7 Å². The lowest BCUT2D eigenvalue weighted by atomic mass is 9.85. The van der Waals surface area contributed by atoms with Crippen LogP contribution in [0.1, 0.15) is 38.3 Å². The lowest BCUT2D eigenvalue weighted by Crippen LogP contribution is -2.40. The van der Waals surface area contributed by atoms with E-state index in [1.165, 1.54) is 4.90 Å². The number of benzene rings is 1. The van der Waals surface area contributed by atoms with E-state index in [9.17, 15) is 14.4 Å². The summed E-state index contributed by atoms with van der Waals surface area (Å²) >= 11 is 0. The van der Waals surface area contributed by atoms with Crippen molar-refractivity contribution in [1.29, 1.82) is 0 Å². The average molecular weight is 366 g/mol. The summed E-state index contributed by atoms with van der Waals surface area (Å²) in [7, 11) is 0. The summed E-state index contributed by atoms with van der Waals surface area (Å²) in [6, 6.07) is 8.97. The molecule has 5 heteroatoms. The molecule has 3 aliphatic rings. The van der Waals surface area contributed by atoms with Crippen molar-refractivity contribution in [3.8, 4) is 0 Å². The number of amides is 3. The van der Waals surface area contributed by atoms with Crippen molar-refractivity contribution < 1.29 is 14.4 Å². The van der Waals surface area contributed by atoms with Crippen LogP contribution in [0, 0.1) is 23.7 Å². The number of carbonyl (C=O) groups is 3. The van der Waals surface area contributed by atoms with Crippen LogP contribution in [0.4, 0.5) is 0 Å². The Labute approximate surface area is 160 Å². The van der Waals surface area contributed by atoms with Gasteiger partial charge < -0.3 is 4.90 Å². The van der Waals surface area contributed by atoms with Gasteiger partial charge in [0, 0.05) is 13.1 Å². The molecule has 5 atom stereocenters. The van der Waals surface area contributed by atoms with E-state index in [2.05, 4.69) is 12.2 Å². The molecule has 0 radical (unpaired) electrons. The highest BCUT2D eigenvalue weighted by atomic mass is 16.2.